The molecule has 8 heteroatoms. The van der Waals surface area contributed by atoms with Gasteiger partial charge in [0, 0.05) is 37.2 Å². The number of nitrogen functional groups attached to an aromatic ring is 1. The Morgan fingerprint density at radius 2 is 1.81 bits per heavy atom. The topological polar surface area (TPSA) is 66.6 Å². The Balaban J connectivity index is 2.28. The predicted octanol–water partition coefficient (Wildman–Crippen LogP) is 1.78. The molecule has 0 amide bonds. The van der Waals surface area contributed by atoms with E-state index in [4.69, 9.17) is 17.3 Å². The Hall–Kier alpha value is -0.890. The Morgan fingerprint density at radius 1 is 1.24 bits per heavy atom. The second kappa shape index (κ2) is 6.08. The van der Waals surface area contributed by atoms with Gasteiger partial charge in [0.05, 0.1) is 5.69 Å². The number of nitrogens with two attached hydrogens (primary N) is 1. The van der Waals surface area contributed by atoms with E-state index in [2.05, 4.69) is 18.7 Å². The first-order valence-corrected chi connectivity index (χ1v) is 8.54. The Labute approximate surface area is 129 Å². The molecule has 1 aromatic carbocycles. The van der Waals surface area contributed by atoms with E-state index < -0.39 is 20.7 Å². The third-order valence-corrected chi connectivity index (χ3v) is 5.77. The monoisotopic (exact) mass is 335 g/mol. The summed E-state index contributed by atoms with van der Waals surface area (Å²) in [4.78, 5) is 1.72. The second-order valence-electron chi connectivity index (χ2n) is 5.34. The van der Waals surface area contributed by atoms with E-state index in [1.807, 2.05) is 0 Å². The summed E-state index contributed by atoms with van der Waals surface area (Å²) in [5, 5.41) is 0.105. The predicted molar refractivity (Wildman–Crippen MR) is 81.3 cm³/mol. The first kappa shape index (κ1) is 16.5. The molecule has 0 saturated carbocycles. The zero-order valence-electron chi connectivity index (χ0n) is 12.0. The fraction of sp³-hybridized carbons (Fsp3) is 0.538. The number of hydrogen-bond acceptors (Lipinski definition) is 4. The van der Waals surface area contributed by atoms with Crippen LogP contribution >= 0.6 is 11.6 Å². The van der Waals surface area contributed by atoms with Crippen LogP contribution in [0.15, 0.2) is 17.0 Å². The molecular formula is C13H19ClFN3O2S. The second-order valence-corrected chi connectivity index (χ2v) is 7.68. The van der Waals surface area contributed by atoms with Crippen molar-refractivity contribution in [1.29, 1.82) is 0 Å². The number of nitrogens with zero attached hydrogens (tertiary/aromatic N) is 2. The summed E-state index contributed by atoms with van der Waals surface area (Å²) < 4.78 is 40.4. The molecule has 5 nitrogen and oxygen atoms in total. The van der Waals surface area contributed by atoms with Crippen LogP contribution in [-0.4, -0.2) is 49.8 Å². The molecule has 21 heavy (non-hydrogen) atoms. The molecule has 1 aromatic rings. The fourth-order valence-electron chi connectivity index (χ4n) is 2.37. The van der Waals surface area contributed by atoms with Gasteiger partial charge in [-0.05, 0) is 26.0 Å². The van der Waals surface area contributed by atoms with E-state index in [0.29, 0.717) is 32.2 Å². The summed E-state index contributed by atoms with van der Waals surface area (Å²) in [5.41, 5.74) is 5.20. The Morgan fingerprint density at radius 3 is 2.33 bits per heavy atom. The number of halogens is 2. The van der Waals surface area contributed by atoms with E-state index >= 15 is 0 Å². The van der Waals surface area contributed by atoms with Gasteiger partial charge in [0.2, 0.25) is 10.0 Å². The molecule has 2 rings (SSSR count). The van der Waals surface area contributed by atoms with Gasteiger partial charge in [0.1, 0.15) is 4.90 Å². The average molecular weight is 336 g/mol. The minimum Gasteiger partial charge on any atom is -0.396 e. The highest BCUT2D eigenvalue weighted by molar-refractivity contribution is 7.89. The third-order valence-electron chi connectivity index (χ3n) is 3.65. The molecule has 0 aliphatic carbocycles. The van der Waals surface area contributed by atoms with Crippen molar-refractivity contribution in [2.75, 3.05) is 31.9 Å². The van der Waals surface area contributed by atoms with Crippen LogP contribution in [0, 0.1) is 5.82 Å². The summed E-state index contributed by atoms with van der Waals surface area (Å²) in [6, 6.07) is 2.66. The number of piperazine rings is 1. The molecule has 1 aliphatic rings. The number of benzene rings is 1. The molecule has 2 N–H and O–H groups in total. The lowest BCUT2D eigenvalue weighted by Gasteiger charge is -2.36. The Kier molecular flexibility index (Phi) is 4.77. The normalized spacial score (nSPS) is 18.3. The molecule has 1 heterocycles. The van der Waals surface area contributed by atoms with E-state index in [-0.39, 0.29) is 10.7 Å². The molecule has 0 radical (unpaired) electrons. The van der Waals surface area contributed by atoms with Crippen LogP contribution < -0.4 is 5.73 Å². The van der Waals surface area contributed by atoms with E-state index in [1.54, 1.807) is 0 Å². The molecule has 118 valence electrons. The molecule has 1 aliphatic heterocycles. The average Bonchev–Trinajstić information content (AvgIpc) is 2.42. The molecule has 1 fully saturated rings. The zero-order valence-corrected chi connectivity index (χ0v) is 13.6. The zero-order chi connectivity index (χ0) is 15.8. The van der Waals surface area contributed by atoms with Gasteiger partial charge < -0.3 is 5.73 Å². The number of sulfonamides is 1. The van der Waals surface area contributed by atoms with Crippen molar-refractivity contribution in [3.8, 4) is 0 Å². The van der Waals surface area contributed by atoms with Crippen molar-refractivity contribution < 1.29 is 12.8 Å². The van der Waals surface area contributed by atoms with Gasteiger partial charge in [0.25, 0.3) is 0 Å². The summed E-state index contributed by atoms with van der Waals surface area (Å²) in [6.45, 7) is 6.00. The van der Waals surface area contributed by atoms with Crippen LogP contribution in [0.1, 0.15) is 13.8 Å². The molecule has 0 spiro atoms. The summed E-state index contributed by atoms with van der Waals surface area (Å²) in [7, 11) is -3.92. The van der Waals surface area contributed by atoms with E-state index in [1.165, 1.54) is 10.4 Å². The lowest BCUT2D eigenvalue weighted by Crippen LogP contribution is -2.50. The molecular weight excluding hydrogens is 317 g/mol. The van der Waals surface area contributed by atoms with Gasteiger partial charge in [-0.2, -0.15) is 4.31 Å². The van der Waals surface area contributed by atoms with Gasteiger partial charge in [-0.15, -0.1) is 0 Å². The van der Waals surface area contributed by atoms with Gasteiger partial charge in [-0.3, -0.25) is 4.90 Å². The highest BCUT2D eigenvalue weighted by Gasteiger charge is 2.32. The van der Waals surface area contributed by atoms with E-state index in [9.17, 15) is 12.8 Å². The maximum atomic E-state index is 14.0. The van der Waals surface area contributed by atoms with Crippen molar-refractivity contribution in [2.24, 2.45) is 0 Å². The van der Waals surface area contributed by atoms with Gasteiger partial charge >= 0.3 is 0 Å². The van der Waals surface area contributed by atoms with Crippen molar-refractivity contribution in [3.05, 3.63) is 23.0 Å². The quantitative estimate of drug-likeness (QED) is 0.855. The van der Waals surface area contributed by atoms with Crippen LogP contribution in [0.3, 0.4) is 0 Å². The molecule has 1 saturated heterocycles. The van der Waals surface area contributed by atoms with Gasteiger partial charge in [-0.25, -0.2) is 12.8 Å². The van der Waals surface area contributed by atoms with Crippen molar-refractivity contribution in [2.45, 2.75) is 24.8 Å². The highest BCUT2D eigenvalue weighted by atomic mass is 35.5. The standard InChI is InChI=1S/C13H19ClFN3O2S/c1-9(2)17-3-5-18(6-4-17)21(19,20)12-8-10(14)7-11(16)13(12)15/h7-9H,3-6,16H2,1-2H3. The molecule has 0 bridgehead atoms. The fourth-order valence-corrected chi connectivity index (χ4v) is 4.21. The minimum absolute atomic E-state index is 0.105. The van der Waals surface area contributed by atoms with Crippen LogP contribution in [0.25, 0.3) is 0 Å². The summed E-state index contributed by atoms with van der Waals surface area (Å²) >= 11 is 5.79. The van der Waals surface area contributed by atoms with Crippen molar-refractivity contribution in [1.82, 2.24) is 9.21 Å². The first-order chi connectivity index (χ1) is 9.73. The highest BCUT2D eigenvalue weighted by Crippen LogP contribution is 2.28. The summed E-state index contributed by atoms with van der Waals surface area (Å²) in [6.07, 6.45) is 0. The third kappa shape index (κ3) is 3.31. The number of anilines is 1. The van der Waals surface area contributed by atoms with Crippen molar-refractivity contribution >= 4 is 27.3 Å². The molecule has 0 atom stereocenters. The Bertz CT molecular complexity index is 629. The van der Waals surface area contributed by atoms with Gasteiger partial charge in [0.15, 0.2) is 5.82 Å². The van der Waals surface area contributed by atoms with Crippen LogP contribution in [0.2, 0.25) is 5.02 Å². The SMILES string of the molecule is CC(C)N1CCN(S(=O)(=O)c2cc(Cl)cc(N)c2F)CC1. The lowest BCUT2D eigenvalue weighted by atomic mass is 10.3. The van der Waals surface area contributed by atoms with Crippen molar-refractivity contribution in [3.63, 3.8) is 0 Å². The van der Waals surface area contributed by atoms with Gasteiger partial charge in [-0.1, -0.05) is 11.6 Å². The lowest BCUT2D eigenvalue weighted by molar-refractivity contribution is 0.154. The molecule has 0 aromatic heterocycles. The maximum absolute atomic E-state index is 14.0. The largest absolute Gasteiger partial charge is 0.396 e. The molecule has 0 unspecified atom stereocenters. The van der Waals surface area contributed by atoms with Crippen LogP contribution in [-0.2, 0) is 10.0 Å². The first-order valence-electron chi connectivity index (χ1n) is 6.72. The minimum atomic E-state index is -3.92. The number of hydrogen-bond donors (Lipinski definition) is 1. The van der Waals surface area contributed by atoms with Crippen LogP contribution in [0.5, 0.6) is 0 Å². The number of rotatable bonds is 3. The maximum Gasteiger partial charge on any atom is 0.246 e. The smallest absolute Gasteiger partial charge is 0.246 e. The van der Waals surface area contributed by atoms with Crippen LogP contribution in [0.4, 0.5) is 10.1 Å². The summed E-state index contributed by atoms with van der Waals surface area (Å²) in [5.74, 6) is -0.939. The van der Waals surface area contributed by atoms with E-state index in [0.717, 1.165) is 6.07 Å².